The maximum atomic E-state index is 13.3. The van der Waals surface area contributed by atoms with Crippen molar-refractivity contribution in [1.82, 2.24) is 0 Å². The molecule has 1 aliphatic rings. The molecule has 0 aromatic heterocycles. The predicted molar refractivity (Wildman–Crippen MR) is 106 cm³/mol. The van der Waals surface area contributed by atoms with Crippen molar-refractivity contribution >= 4 is 23.3 Å². The number of hydrogen-bond donors (Lipinski definition) is 0. The standard InChI is InChI=1S/C23H23O2S.Y/c1-15-9-8-12-18(16(15)2)22(25)21-19(24)13-23(3,4)14-20(21)26-17-10-6-5-7-11-17;/h5-8,10-12H,13-14H2,1-4H3;/q-1;. The minimum atomic E-state index is -0.154. The Morgan fingerprint density at radius 2 is 1.74 bits per heavy atom. The number of carbonyl (C=O) groups excluding carboxylic acids is 2. The van der Waals surface area contributed by atoms with Crippen molar-refractivity contribution < 1.29 is 42.3 Å². The topological polar surface area (TPSA) is 34.1 Å². The zero-order chi connectivity index (χ0) is 18.9. The molecule has 27 heavy (non-hydrogen) atoms. The third-order valence-corrected chi connectivity index (χ3v) is 5.91. The number of aryl methyl sites for hydroxylation is 1. The van der Waals surface area contributed by atoms with Gasteiger partial charge in [0.05, 0.1) is 5.57 Å². The summed E-state index contributed by atoms with van der Waals surface area (Å²) in [4.78, 5) is 28.1. The fourth-order valence-corrected chi connectivity index (χ4v) is 4.65. The minimum absolute atomic E-state index is 0. The average molecular weight is 452 g/mol. The van der Waals surface area contributed by atoms with E-state index in [1.165, 1.54) is 0 Å². The van der Waals surface area contributed by atoms with E-state index in [9.17, 15) is 9.59 Å². The van der Waals surface area contributed by atoms with E-state index >= 15 is 0 Å². The Morgan fingerprint density at radius 3 is 2.41 bits per heavy atom. The summed E-state index contributed by atoms with van der Waals surface area (Å²) in [5.74, 6) is -0.201. The van der Waals surface area contributed by atoms with Gasteiger partial charge in [0.25, 0.3) is 0 Å². The molecule has 0 spiro atoms. The van der Waals surface area contributed by atoms with Crippen LogP contribution in [0, 0.1) is 25.3 Å². The first kappa shape index (κ1) is 22.3. The van der Waals surface area contributed by atoms with Crippen LogP contribution in [0.1, 0.15) is 48.2 Å². The Hall–Kier alpha value is -1.03. The second kappa shape index (κ2) is 8.98. The molecule has 2 aromatic carbocycles. The van der Waals surface area contributed by atoms with Gasteiger partial charge in [0.2, 0.25) is 0 Å². The molecule has 0 amide bonds. The average Bonchev–Trinajstić information content (AvgIpc) is 2.56. The van der Waals surface area contributed by atoms with Crippen molar-refractivity contribution in [1.29, 1.82) is 0 Å². The summed E-state index contributed by atoms with van der Waals surface area (Å²) in [6.45, 7) is 8.03. The van der Waals surface area contributed by atoms with E-state index in [1.54, 1.807) is 23.9 Å². The molecule has 0 unspecified atom stereocenters. The molecule has 0 saturated heterocycles. The molecule has 0 aliphatic heterocycles. The molecular weight excluding hydrogens is 429 g/mol. The van der Waals surface area contributed by atoms with Crippen molar-refractivity contribution in [3.63, 3.8) is 0 Å². The van der Waals surface area contributed by atoms with E-state index in [0.29, 0.717) is 17.6 Å². The van der Waals surface area contributed by atoms with Gasteiger partial charge in [0.15, 0.2) is 11.6 Å². The largest absolute Gasteiger partial charge is 0.294 e. The van der Waals surface area contributed by atoms with E-state index in [0.717, 1.165) is 27.3 Å². The molecule has 0 N–H and O–H groups in total. The Labute approximate surface area is 191 Å². The number of benzene rings is 2. The van der Waals surface area contributed by atoms with Crippen LogP contribution in [0.5, 0.6) is 0 Å². The number of carbonyl (C=O) groups is 2. The Morgan fingerprint density at radius 1 is 1.07 bits per heavy atom. The molecule has 0 fully saturated rings. The molecule has 2 nitrogen and oxygen atoms in total. The van der Waals surface area contributed by atoms with Crippen molar-refractivity contribution in [3.8, 4) is 0 Å². The van der Waals surface area contributed by atoms with Gasteiger partial charge in [-0.05, 0) is 24.0 Å². The van der Waals surface area contributed by atoms with Crippen molar-refractivity contribution in [2.24, 2.45) is 5.41 Å². The van der Waals surface area contributed by atoms with Gasteiger partial charge in [-0.25, -0.2) is 0 Å². The molecule has 3 rings (SSSR count). The molecule has 1 radical (unpaired) electrons. The summed E-state index contributed by atoms with van der Waals surface area (Å²) in [5.41, 5.74) is 2.68. The van der Waals surface area contributed by atoms with E-state index in [2.05, 4.69) is 19.9 Å². The molecule has 0 atom stereocenters. The molecule has 0 heterocycles. The number of hydrogen-bond acceptors (Lipinski definition) is 3. The van der Waals surface area contributed by atoms with Gasteiger partial charge in [-0.1, -0.05) is 63.2 Å². The van der Waals surface area contributed by atoms with Crippen LogP contribution in [0.3, 0.4) is 0 Å². The van der Waals surface area contributed by atoms with Crippen LogP contribution in [0.4, 0.5) is 0 Å². The molecule has 0 bridgehead atoms. The van der Waals surface area contributed by atoms with Gasteiger partial charge in [-0.15, -0.1) is 5.56 Å². The predicted octanol–water partition coefficient (Wildman–Crippen LogP) is 5.72. The van der Waals surface area contributed by atoms with Gasteiger partial charge < -0.3 is 0 Å². The zero-order valence-corrected chi connectivity index (χ0v) is 19.9. The first-order valence-electron chi connectivity index (χ1n) is 8.80. The van der Waals surface area contributed by atoms with Crippen molar-refractivity contribution in [2.45, 2.75) is 45.4 Å². The molecular formula is C23H23O2SY-. The maximum Gasteiger partial charge on any atom is 0.173 e. The van der Waals surface area contributed by atoms with Crippen molar-refractivity contribution in [2.75, 3.05) is 0 Å². The first-order valence-corrected chi connectivity index (χ1v) is 9.62. The second-order valence-electron chi connectivity index (χ2n) is 7.62. The monoisotopic (exact) mass is 452 g/mol. The summed E-state index contributed by atoms with van der Waals surface area (Å²) in [5, 5.41) is 0. The smallest absolute Gasteiger partial charge is 0.173 e. The van der Waals surface area contributed by atoms with Crippen LogP contribution in [-0.4, -0.2) is 11.6 Å². The number of ketones is 2. The van der Waals surface area contributed by atoms with Gasteiger partial charge in [0.1, 0.15) is 0 Å². The van der Waals surface area contributed by atoms with Crippen molar-refractivity contribution in [3.05, 3.63) is 75.7 Å². The zero-order valence-electron chi connectivity index (χ0n) is 16.3. The number of rotatable bonds is 4. The van der Waals surface area contributed by atoms with E-state index < -0.39 is 0 Å². The normalized spacial score (nSPS) is 16.1. The summed E-state index contributed by atoms with van der Waals surface area (Å²) < 4.78 is 0. The molecule has 4 heteroatoms. The SMILES string of the molecule is Cc1[c-]ccc(C(=O)C2=C(Sc3ccccc3)CC(C)(C)CC2=O)c1C.[Y]. The van der Waals surface area contributed by atoms with Gasteiger partial charge in [-0.3, -0.25) is 9.59 Å². The third kappa shape index (κ3) is 5.07. The molecule has 2 aromatic rings. The van der Waals surface area contributed by atoms with E-state index in [4.69, 9.17) is 0 Å². The van der Waals surface area contributed by atoms with Crippen LogP contribution >= 0.6 is 11.8 Å². The Bertz CT molecular complexity index is 898. The quantitative estimate of drug-likeness (QED) is 0.338. The maximum absolute atomic E-state index is 13.3. The molecule has 0 saturated carbocycles. The van der Waals surface area contributed by atoms with Crippen LogP contribution in [0.2, 0.25) is 0 Å². The Balaban J connectivity index is 0.00000261. The van der Waals surface area contributed by atoms with E-state index in [1.807, 2.05) is 44.2 Å². The molecule has 137 valence electrons. The summed E-state index contributed by atoms with van der Waals surface area (Å²) in [6.07, 6.45) is 1.14. The van der Waals surface area contributed by atoms with Crippen LogP contribution in [-0.2, 0) is 37.5 Å². The second-order valence-corrected chi connectivity index (χ2v) is 8.79. The van der Waals surface area contributed by atoms with E-state index in [-0.39, 0.29) is 49.7 Å². The van der Waals surface area contributed by atoms with Crippen LogP contribution < -0.4 is 0 Å². The summed E-state index contributed by atoms with van der Waals surface area (Å²) in [6, 6.07) is 16.6. The first-order chi connectivity index (χ1) is 12.3. The van der Waals surface area contributed by atoms with Gasteiger partial charge in [-0.2, -0.15) is 23.8 Å². The number of Topliss-reactive ketones (excluding diaryl/α,β-unsaturated/α-hetero) is 2. The fourth-order valence-electron chi connectivity index (χ4n) is 3.30. The van der Waals surface area contributed by atoms with Gasteiger partial charge in [0, 0.05) is 48.9 Å². The number of thioether (sulfide) groups is 1. The summed E-state index contributed by atoms with van der Waals surface area (Å²) in [7, 11) is 0. The summed E-state index contributed by atoms with van der Waals surface area (Å²) >= 11 is 1.54. The fraction of sp³-hybridized carbons (Fsp3) is 0.304. The van der Waals surface area contributed by atoms with Crippen LogP contribution in [0.25, 0.3) is 0 Å². The van der Waals surface area contributed by atoms with Crippen LogP contribution in [0.15, 0.2) is 57.8 Å². The number of allylic oxidation sites excluding steroid dienone is 2. The minimum Gasteiger partial charge on any atom is -0.294 e. The molecule has 1 aliphatic carbocycles. The Kier molecular flexibility index (Phi) is 7.41. The van der Waals surface area contributed by atoms with Gasteiger partial charge >= 0.3 is 0 Å². The third-order valence-electron chi connectivity index (χ3n) is 4.81.